The van der Waals surface area contributed by atoms with Crippen LogP contribution in [0, 0.1) is 13.8 Å². The van der Waals surface area contributed by atoms with Gasteiger partial charge in [-0.15, -0.1) is 0 Å². The first-order valence-corrected chi connectivity index (χ1v) is 7.13. The summed E-state index contributed by atoms with van der Waals surface area (Å²) in [6, 6.07) is 6.24. The Morgan fingerprint density at radius 3 is 2.37 bits per heavy atom. The van der Waals surface area contributed by atoms with E-state index in [0.29, 0.717) is 12.6 Å². The maximum Gasteiger partial charge on any atom is 0.254 e. The minimum absolute atomic E-state index is 0.0349. The molecule has 1 fully saturated rings. The van der Waals surface area contributed by atoms with Gasteiger partial charge in [-0.25, -0.2) is 0 Å². The number of hydrogen-bond donors (Lipinski definition) is 1. The molecular weight excluding hydrogens is 238 g/mol. The van der Waals surface area contributed by atoms with E-state index < -0.39 is 0 Å². The Hall–Kier alpha value is -1.35. The highest BCUT2D eigenvalue weighted by molar-refractivity contribution is 5.97. The van der Waals surface area contributed by atoms with Gasteiger partial charge in [0, 0.05) is 18.2 Å². The summed E-state index contributed by atoms with van der Waals surface area (Å²) in [5, 5.41) is 9.24. The van der Waals surface area contributed by atoms with Crippen molar-refractivity contribution in [2.45, 2.75) is 45.6 Å². The second-order valence-corrected chi connectivity index (χ2v) is 5.43. The molecule has 0 spiro atoms. The molecule has 1 aliphatic rings. The maximum atomic E-state index is 12.8. The lowest BCUT2D eigenvalue weighted by Crippen LogP contribution is -2.41. The Labute approximate surface area is 115 Å². The minimum Gasteiger partial charge on any atom is -0.395 e. The smallest absolute Gasteiger partial charge is 0.254 e. The second kappa shape index (κ2) is 6.20. The van der Waals surface area contributed by atoms with Crippen molar-refractivity contribution in [3.8, 4) is 0 Å². The van der Waals surface area contributed by atoms with Gasteiger partial charge in [-0.05, 0) is 37.8 Å². The number of carbonyl (C=O) groups excluding carboxylic acids is 1. The molecule has 1 N–H and O–H groups in total. The quantitative estimate of drug-likeness (QED) is 0.905. The van der Waals surface area contributed by atoms with Crippen LogP contribution in [0.4, 0.5) is 0 Å². The number of nitrogens with zero attached hydrogens (tertiary/aromatic N) is 1. The highest BCUT2D eigenvalue weighted by Gasteiger charge is 2.28. The van der Waals surface area contributed by atoms with Crippen LogP contribution in [0.25, 0.3) is 0 Å². The van der Waals surface area contributed by atoms with Crippen molar-refractivity contribution >= 4 is 5.91 Å². The minimum atomic E-state index is 0.0349. The molecule has 2 rings (SSSR count). The van der Waals surface area contributed by atoms with Crippen LogP contribution in [0.15, 0.2) is 18.2 Å². The van der Waals surface area contributed by atoms with Gasteiger partial charge in [-0.3, -0.25) is 4.79 Å². The average molecular weight is 261 g/mol. The number of aryl methyl sites for hydroxylation is 2. The summed E-state index contributed by atoms with van der Waals surface area (Å²) in [5.41, 5.74) is 2.85. The Morgan fingerprint density at radius 2 is 1.84 bits per heavy atom. The van der Waals surface area contributed by atoms with Crippen molar-refractivity contribution in [2.75, 3.05) is 13.2 Å². The number of hydrogen-bond acceptors (Lipinski definition) is 2. The van der Waals surface area contributed by atoms with Crippen LogP contribution in [-0.4, -0.2) is 35.1 Å². The van der Waals surface area contributed by atoms with Gasteiger partial charge < -0.3 is 10.0 Å². The molecule has 0 unspecified atom stereocenters. The van der Waals surface area contributed by atoms with Gasteiger partial charge in [0.15, 0.2) is 0 Å². The molecule has 3 heteroatoms. The summed E-state index contributed by atoms with van der Waals surface area (Å²) in [6.45, 7) is 4.43. The molecule has 0 heterocycles. The fraction of sp³-hybridized carbons (Fsp3) is 0.562. The number of aliphatic hydroxyl groups is 1. The Bertz CT molecular complexity index is 430. The molecule has 0 aromatic heterocycles. The van der Waals surface area contributed by atoms with Crippen LogP contribution >= 0.6 is 0 Å². The summed E-state index contributed by atoms with van der Waals surface area (Å²) in [4.78, 5) is 14.7. The van der Waals surface area contributed by atoms with Crippen molar-refractivity contribution in [3.63, 3.8) is 0 Å². The predicted octanol–water partition coefficient (Wildman–Crippen LogP) is 2.68. The molecule has 19 heavy (non-hydrogen) atoms. The molecule has 104 valence electrons. The zero-order chi connectivity index (χ0) is 13.8. The summed E-state index contributed by atoms with van der Waals surface area (Å²) in [5.74, 6) is 0.0801. The van der Waals surface area contributed by atoms with E-state index in [2.05, 4.69) is 0 Å². The average Bonchev–Trinajstić information content (AvgIpc) is 2.89. The third-order valence-electron chi connectivity index (χ3n) is 4.06. The number of benzene rings is 1. The van der Waals surface area contributed by atoms with Gasteiger partial charge in [0.05, 0.1) is 6.61 Å². The summed E-state index contributed by atoms with van der Waals surface area (Å²) in [7, 11) is 0. The monoisotopic (exact) mass is 261 g/mol. The van der Waals surface area contributed by atoms with Gasteiger partial charge in [-0.1, -0.05) is 31.0 Å². The van der Waals surface area contributed by atoms with Crippen molar-refractivity contribution in [2.24, 2.45) is 0 Å². The van der Waals surface area contributed by atoms with Crippen molar-refractivity contribution in [1.82, 2.24) is 4.90 Å². The second-order valence-electron chi connectivity index (χ2n) is 5.43. The zero-order valence-electron chi connectivity index (χ0n) is 11.9. The fourth-order valence-corrected chi connectivity index (χ4v) is 3.07. The first-order chi connectivity index (χ1) is 9.15. The normalized spacial score (nSPS) is 15.7. The first-order valence-electron chi connectivity index (χ1n) is 7.13. The Kier molecular flexibility index (Phi) is 4.59. The lowest BCUT2D eigenvalue weighted by molar-refractivity contribution is 0.0636. The van der Waals surface area contributed by atoms with E-state index in [1.54, 1.807) is 0 Å². The molecule has 0 bridgehead atoms. The van der Waals surface area contributed by atoms with E-state index in [9.17, 15) is 9.90 Å². The summed E-state index contributed by atoms with van der Waals surface area (Å²) in [6.07, 6.45) is 4.51. The number of aliphatic hydroxyl groups excluding tert-OH is 1. The van der Waals surface area contributed by atoms with Gasteiger partial charge in [0.1, 0.15) is 0 Å². The van der Waals surface area contributed by atoms with Gasteiger partial charge in [0.25, 0.3) is 5.91 Å². The lowest BCUT2D eigenvalue weighted by Gasteiger charge is -2.29. The lowest BCUT2D eigenvalue weighted by atomic mass is 10.0. The molecule has 1 amide bonds. The third-order valence-corrected chi connectivity index (χ3v) is 4.06. The van der Waals surface area contributed by atoms with E-state index >= 15 is 0 Å². The maximum absolute atomic E-state index is 12.8. The molecule has 0 aliphatic heterocycles. The molecule has 3 nitrogen and oxygen atoms in total. The van der Waals surface area contributed by atoms with E-state index in [0.717, 1.165) is 29.5 Å². The Morgan fingerprint density at radius 1 is 1.26 bits per heavy atom. The van der Waals surface area contributed by atoms with Gasteiger partial charge >= 0.3 is 0 Å². The van der Waals surface area contributed by atoms with Crippen molar-refractivity contribution in [3.05, 3.63) is 34.9 Å². The van der Waals surface area contributed by atoms with E-state index in [-0.39, 0.29) is 12.5 Å². The zero-order valence-corrected chi connectivity index (χ0v) is 11.9. The van der Waals surface area contributed by atoms with Gasteiger partial charge in [0.2, 0.25) is 0 Å². The summed E-state index contributed by atoms with van der Waals surface area (Å²) < 4.78 is 0. The van der Waals surface area contributed by atoms with Crippen LogP contribution < -0.4 is 0 Å². The molecule has 1 aliphatic carbocycles. The molecule has 1 aromatic carbocycles. The molecular formula is C16H23NO2. The molecule has 0 radical (unpaired) electrons. The van der Waals surface area contributed by atoms with E-state index in [1.165, 1.54) is 12.8 Å². The number of carbonyl (C=O) groups is 1. The van der Waals surface area contributed by atoms with Crippen LogP contribution in [0.1, 0.15) is 47.2 Å². The number of rotatable bonds is 4. The van der Waals surface area contributed by atoms with Crippen molar-refractivity contribution < 1.29 is 9.90 Å². The number of amides is 1. The highest BCUT2D eigenvalue weighted by Crippen LogP contribution is 2.26. The van der Waals surface area contributed by atoms with Crippen LogP contribution in [0.5, 0.6) is 0 Å². The van der Waals surface area contributed by atoms with Crippen LogP contribution in [0.3, 0.4) is 0 Å². The summed E-state index contributed by atoms with van der Waals surface area (Å²) >= 11 is 0. The first kappa shape index (κ1) is 14.1. The molecule has 0 atom stereocenters. The van der Waals surface area contributed by atoms with Crippen LogP contribution in [-0.2, 0) is 0 Å². The SMILES string of the molecule is Cc1cccc(C)c1C(=O)N(CCO)C1CCCC1. The van der Waals surface area contributed by atoms with E-state index in [1.807, 2.05) is 36.9 Å². The molecule has 1 aromatic rings. The predicted molar refractivity (Wildman–Crippen MR) is 76.3 cm³/mol. The fourth-order valence-electron chi connectivity index (χ4n) is 3.07. The molecule has 1 saturated carbocycles. The Balaban J connectivity index is 2.28. The van der Waals surface area contributed by atoms with Crippen LogP contribution in [0.2, 0.25) is 0 Å². The largest absolute Gasteiger partial charge is 0.395 e. The highest BCUT2D eigenvalue weighted by atomic mass is 16.3. The third kappa shape index (κ3) is 2.98. The topological polar surface area (TPSA) is 40.5 Å². The van der Waals surface area contributed by atoms with E-state index in [4.69, 9.17) is 0 Å². The standard InChI is InChI=1S/C16H23NO2/c1-12-6-5-7-13(2)15(12)16(19)17(10-11-18)14-8-3-4-9-14/h5-7,14,18H,3-4,8-11H2,1-2H3. The molecule has 0 saturated heterocycles. The van der Waals surface area contributed by atoms with Crippen molar-refractivity contribution in [1.29, 1.82) is 0 Å². The van der Waals surface area contributed by atoms with Gasteiger partial charge in [-0.2, -0.15) is 0 Å².